The summed E-state index contributed by atoms with van der Waals surface area (Å²) < 4.78 is 14.9. The number of rotatable bonds is 4. The highest BCUT2D eigenvalue weighted by Gasteiger charge is 2.96. The molecule has 2 aliphatic heterocycles. The molecule has 0 amide bonds. The van der Waals surface area contributed by atoms with Crippen LogP contribution >= 0.6 is 0 Å². The summed E-state index contributed by atoms with van der Waals surface area (Å²) in [4.78, 5) is 6.04. The lowest BCUT2D eigenvalue weighted by Crippen LogP contribution is -2.35. The maximum Gasteiger partial charge on any atom is 0.216 e. The molecule has 6 rings (SSSR count). The average molecular weight is 361 g/mol. The third-order valence-corrected chi connectivity index (χ3v) is 6.44. The third-order valence-electron chi connectivity index (χ3n) is 6.44. The van der Waals surface area contributed by atoms with Crippen molar-refractivity contribution in [2.45, 2.75) is 6.04 Å². The highest BCUT2D eigenvalue weighted by atomic mass is 19.1. The molecule has 2 saturated carbocycles. The van der Waals surface area contributed by atoms with Gasteiger partial charge in [-0.05, 0) is 18.2 Å². The standard InChI is InChI=1S/C20H17FN6/c1-26(10-23)19(24)20-14-9-27(18(20)16(14)20)17-11(7-22)3-2-4-13(17)12-5-6-15(21)25-8-12/h2-6,8,10,14,16,18,23-24H,9H2,1H3/p+1/t14-,16-,18?,20?/m0/s1. The fraction of sp³-hybridized carbons (Fsp3) is 0.300. The van der Waals surface area contributed by atoms with Gasteiger partial charge in [-0.1, -0.05) is 12.1 Å². The molecular formula is C20H18FN6+. The van der Waals surface area contributed by atoms with Gasteiger partial charge in [-0.2, -0.15) is 15.1 Å². The lowest BCUT2D eigenvalue weighted by atomic mass is 10.0. The Kier molecular flexibility index (Phi) is 3.03. The molecule has 1 aromatic carbocycles. The number of amidine groups is 1. The maximum atomic E-state index is 13.3. The van der Waals surface area contributed by atoms with Crippen LogP contribution < -0.4 is 10.6 Å². The lowest BCUT2D eigenvalue weighted by molar-refractivity contribution is -0.366. The predicted octanol–water partition coefficient (Wildman–Crippen LogP) is 1.80. The molecule has 4 fully saturated rings. The summed E-state index contributed by atoms with van der Waals surface area (Å²) in [6.45, 7) is 0.836. The monoisotopic (exact) mass is 361 g/mol. The third kappa shape index (κ3) is 1.85. The Morgan fingerprint density at radius 2 is 2.30 bits per heavy atom. The second kappa shape index (κ2) is 5.13. The van der Waals surface area contributed by atoms with E-state index in [0.29, 0.717) is 17.4 Å². The Hall–Kier alpha value is -3.27. The van der Waals surface area contributed by atoms with E-state index in [1.165, 1.54) is 18.6 Å². The summed E-state index contributed by atoms with van der Waals surface area (Å²) >= 11 is 0. The number of nitrogens with zero attached hydrogens (tertiary/aromatic N) is 4. The minimum atomic E-state index is -0.527. The number of anilines is 1. The van der Waals surface area contributed by atoms with Crippen LogP contribution in [0.2, 0.25) is 0 Å². The van der Waals surface area contributed by atoms with Crippen molar-refractivity contribution in [2.24, 2.45) is 23.0 Å². The Labute approximate surface area is 155 Å². The van der Waals surface area contributed by atoms with Gasteiger partial charge in [-0.25, -0.2) is 9.56 Å². The van der Waals surface area contributed by atoms with Gasteiger partial charge in [0.05, 0.1) is 23.7 Å². The summed E-state index contributed by atoms with van der Waals surface area (Å²) in [6.07, 6.45) is 2.74. The molecule has 2 saturated heterocycles. The second-order valence-corrected chi connectivity index (χ2v) is 7.47. The first-order chi connectivity index (χ1) is 13.1. The second-order valence-electron chi connectivity index (χ2n) is 7.47. The van der Waals surface area contributed by atoms with Crippen molar-refractivity contribution < 1.29 is 8.97 Å². The smallest absolute Gasteiger partial charge is 0.216 e. The Morgan fingerprint density at radius 1 is 1.48 bits per heavy atom. The first kappa shape index (κ1) is 15.9. The molecule has 2 aromatic rings. The zero-order valence-electron chi connectivity index (χ0n) is 14.7. The number of hydrogen-bond donors (Lipinski definition) is 2. The number of nitrogens with two attached hydrogens (primary N) is 1. The lowest BCUT2D eigenvalue weighted by Gasteiger charge is -2.24. The molecule has 4 atom stereocenters. The average Bonchev–Trinajstić information content (AvgIpc) is 3.44. The van der Waals surface area contributed by atoms with Gasteiger partial charge >= 0.3 is 0 Å². The van der Waals surface area contributed by atoms with Gasteiger partial charge in [0, 0.05) is 41.7 Å². The van der Waals surface area contributed by atoms with Crippen LogP contribution in [0, 0.1) is 39.9 Å². The molecule has 4 aliphatic rings. The van der Waals surface area contributed by atoms with E-state index in [1.807, 2.05) is 18.2 Å². The number of hydrogen-bond acceptors (Lipinski definition) is 4. The molecule has 2 aliphatic carbocycles. The first-order valence-corrected chi connectivity index (χ1v) is 8.83. The van der Waals surface area contributed by atoms with Gasteiger partial charge in [0.25, 0.3) is 0 Å². The van der Waals surface area contributed by atoms with E-state index in [1.54, 1.807) is 17.7 Å². The molecule has 7 heteroatoms. The summed E-state index contributed by atoms with van der Waals surface area (Å²) in [5.41, 5.74) is 9.42. The number of nitriles is 1. The largest absolute Gasteiger partial charge is 0.365 e. The van der Waals surface area contributed by atoms with Crippen LogP contribution in [0.15, 0.2) is 36.5 Å². The summed E-state index contributed by atoms with van der Waals surface area (Å²) in [5, 5.41) is 17.1. The molecule has 134 valence electrons. The number of piperidine rings is 1. The number of pyridine rings is 1. The van der Waals surface area contributed by atoms with E-state index in [4.69, 9.17) is 11.1 Å². The molecule has 3 heterocycles. The molecule has 2 bridgehead atoms. The molecular weight excluding hydrogens is 343 g/mol. The van der Waals surface area contributed by atoms with Gasteiger partial charge in [-0.3, -0.25) is 0 Å². The fourth-order valence-corrected chi connectivity index (χ4v) is 5.12. The topological polar surface area (TPSA) is 92.8 Å². The minimum absolute atomic E-state index is 0.0623. The van der Waals surface area contributed by atoms with Crippen LogP contribution in [0.4, 0.5) is 10.1 Å². The van der Waals surface area contributed by atoms with Gasteiger partial charge < -0.3 is 10.6 Å². The van der Waals surface area contributed by atoms with Crippen molar-refractivity contribution in [1.29, 1.82) is 10.7 Å². The van der Waals surface area contributed by atoms with Crippen molar-refractivity contribution >= 4 is 17.9 Å². The van der Waals surface area contributed by atoms with Gasteiger partial charge in [0.1, 0.15) is 6.07 Å². The molecule has 0 radical (unpaired) electrons. The molecule has 0 spiro atoms. The van der Waals surface area contributed by atoms with Crippen molar-refractivity contribution in [1.82, 2.24) is 4.98 Å². The van der Waals surface area contributed by atoms with Crippen LogP contribution in [0.1, 0.15) is 5.56 Å². The zero-order chi connectivity index (χ0) is 18.9. The van der Waals surface area contributed by atoms with Gasteiger partial charge in [0.15, 0.2) is 0 Å². The van der Waals surface area contributed by atoms with Crippen molar-refractivity contribution in [2.75, 3.05) is 18.5 Å². The fourth-order valence-electron chi connectivity index (χ4n) is 5.12. The van der Waals surface area contributed by atoms with Crippen molar-refractivity contribution in [3.63, 3.8) is 0 Å². The van der Waals surface area contributed by atoms with Crippen LogP contribution in [0.25, 0.3) is 11.1 Å². The van der Waals surface area contributed by atoms with E-state index < -0.39 is 5.95 Å². The highest BCUT2D eigenvalue weighted by molar-refractivity contribution is 5.98. The maximum absolute atomic E-state index is 13.3. The quantitative estimate of drug-likeness (QED) is 0.376. The van der Waals surface area contributed by atoms with Crippen molar-refractivity contribution in [3.8, 4) is 17.2 Å². The summed E-state index contributed by atoms with van der Waals surface area (Å²) in [7, 11) is 1.80. The number of para-hydroxylation sites is 1. The first-order valence-electron chi connectivity index (χ1n) is 8.83. The van der Waals surface area contributed by atoms with E-state index in [9.17, 15) is 9.65 Å². The van der Waals surface area contributed by atoms with Crippen LogP contribution in [-0.4, -0.2) is 41.4 Å². The van der Waals surface area contributed by atoms with E-state index in [-0.39, 0.29) is 11.5 Å². The molecule has 1 aromatic heterocycles. The highest BCUT2D eigenvalue weighted by Crippen LogP contribution is 2.86. The number of benzene rings is 1. The van der Waals surface area contributed by atoms with Gasteiger partial charge in [0.2, 0.25) is 18.1 Å². The van der Waals surface area contributed by atoms with Crippen LogP contribution in [0.3, 0.4) is 0 Å². The Morgan fingerprint density at radius 3 is 2.93 bits per heavy atom. The Balaban J connectivity index is 1.59. The minimum Gasteiger partial charge on any atom is -0.365 e. The molecule has 2 unspecified atom stereocenters. The number of nitrogens with one attached hydrogen (secondary N) is 1. The molecule has 6 nitrogen and oxygen atoms in total. The molecule has 27 heavy (non-hydrogen) atoms. The SMILES string of the molecule is C[N+](C=N)=C(N)C12C3[C@@H]1[C@@H]2CN3c1c(C#N)cccc1-c1ccc(F)nc1. The van der Waals surface area contributed by atoms with E-state index in [0.717, 1.165) is 29.2 Å². The predicted molar refractivity (Wildman–Crippen MR) is 99.1 cm³/mol. The van der Waals surface area contributed by atoms with Crippen molar-refractivity contribution in [3.05, 3.63) is 48.0 Å². The normalized spacial score (nSPS) is 30.3. The summed E-state index contributed by atoms with van der Waals surface area (Å²) in [5.74, 6) is 1.17. The van der Waals surface area contributed by atoms with Crippen LogP contribution in [0.5, 0.6) is 0 Å². The van der Waals surface area contributed by atoms with Crippen LogP contribution in [-0.2, 0) is 0 Å². The number of aromatic nitrogens is 1. The number of halogens is 1. The molecule has 3 N–H and O–H groups in total. The zero-order valence-corrected chi connectivity index (χ0v) is 14.7. The summed E-state index contributed by atoms with van der Waals surface area (Å²) in [6, 6.07) is 11.2. The Bertz CT molecular complexity index is 1050. The van der Waals surface area contributed by atoms with E-state index >= 15 is 0 Å². The van der Waals surface area contributed by atoms with Gasteiger partial charge in [-0.15, -0.1) is 0 Å². The van der Waals surface area contributed by atoms with E-state index in [2.05, 4.69) is 16.0 Å². The number of fused-ring (bicyclic) bond motifs is 1.